The van der Waals surface area contributed by atoms with Crippen molar-refractivity contribution in [1.29, 1.82) is 0 Å². The molecule has 2 saturated heterocycles. The first-order chi connectivity index (χ1) is 7.66. The molecule has 0 spiro atoms. The molecule has 2 aliphatic rings. The summed E-state index contributed by atoms with van der Waals surface area (Å²) >= 11 is 1.83. The van der Waals surface area contributed by atoms with Crippen molar-refractivity contribution in [1.82, 2.24) is 10.6 Å². The van der Waals surface area contributed by atoms with Gasteiger partial charge in [0.25, 0.3) is 0 Å². The average molecular weight is 250 g/mol. The molecule has 6 heteroatoms. The van der Waals surface area contributed by atoms with Crippen molar-refractivity contribution in [2.75, 3.05) is 5.75 Å². The summed E-state index contributed by atoms with van der Waals surface area (Å²) in [5.74, 6) is 0.933. The van der Waals surface area contributed by atoms with Gasteiger partial charge < -0.3 is 10.6 Å². The zero-order chi connectivity index (χ0) is 11.5. The van der Waals surface area contributed by atoms with E-state index in [1.54, 1.807) is 0 Å². The third-order valence-electron chi connectivity index (χ3n) is 3.10. The van der Waals surface area contributed by atoms with Gasteiger partial charge in [-0.25, -0.2) is 13.6 Å². The fourth-order valence-electron chi connectivity index (χ4n) is 2.29. The zero-order valence-corrected chi connectivity index (χ0v) is 9.73. The molecule has 0 aromatic carbocycles. The summed E-state index contributed by atoms with van der Waals surface area (Å²) in [5, 5.41) is 6.15. The Hall–Kier alpha value is -0.520. The van der Waals surface area contributed by atoms with E-state index in [0.29, 0.717) is 11.7 Å². The third-order valence-corrected chi connectivity index (χ3v) is 4.61. The maximum atomic E-state index is 11.9. The number of carbonyl (C=O) groups excluding carboxylic acids is 1. The SMILES string of the molecule is O=C1N[C@H]2[C@H](CS[C@H]2CCCCC(F)F)N1. The number of thioether (sulfide) groups is 1. The number of alkyl halides is 2. The molecule has 3 atom stereocenters. The molecule has 2 amide bonds. The van der Waals surface area contributed by atoms with E-state index in [1.165, 1.54) is 0 Å². The first-order valence-corrected chi connectivity index (χ1v) is 6.68. The van der Waals surface area contributed by atoms with E-state index in [4.69, 9.17) is 0 Å². The van der Waals surface area contributed by atoms with Crippen LogP contribution in [0.1, 0.15) is 25.7 Å². The summed E-state index contributed by atoms with van der Waals surface area (Å²) in [4.78, 5) is 11.1. The van der Waals surface area contributed by atoms with Crippen LogP contribution in [-0.4, -0.2) is 35.5 Å². The van der Waals surface area contributed by atoms with E-state index in [-0.39, 0.29) is 24.5 Å². The number of urea groups is 1. The molecule has 0 bridgehead atoms. The molecule has 16 heavy (non-hydrogen) atoms. The number of unbranched alkanes of at least 4 members (excludes halogenated alkanes) is 1. The highest BCUT2D eigenvalue weighted by atomic mass is 32.2. The Balaban J connectivity index is 1.68. The summed E-state index contributed by atoms with van der Waals surface area (Å²) in [5.41, 5.74) is 0. The van der Waals surface area contributed by atoms with E-state index in [9.17, 15) is 13.6 Å². The van der Waals surface area contributed by atoms with Gasteiger partial charge in [0.1, 0.15) is 0 Å². The molecule has 2 aliphatic heterocycles. The Morgan fingerprint density at radius 2 is 2.19 bits per heavy atom. The van der Waals surface area contributed by atoms with E-state index >= 15 is 0 Å². The molecule has 2 heterocycles. The van der Waals surface area contributed by atoms with Crippen LogP contribution < -0.4 is 10.6 Å². The van der Waals surface area contributed by atoms with Crippen LogP contribution >= 0.6 is 11.8 Å². The first kappa shape index (κ1) is 12.0. The van der Waals surface area contributed by atoms with Gasteiger partial charge in [-0.3, -0.25) is 0 Å². The smallest absolute Gasteiger partial charge is 0.315 e. The van der Waals surface area contributed by atoms with Crippen LogP contribution in [0.25, 0.3) is 0 Å². The Morgan fingerprint density at radius 3 is 2.94 bits per heavy atom. The van der Waals surface area contributed by atoms with Crippen molar-refractivity contribution in [3.8, 4) is 0 Å². The van der Waals surface area contributed by atoms with Crippen molar-refractivity contribution >= 4 is 17.8 Å². The monoisotopic (exact) mass is 250 g/mol. The fraction of sp³-hybridized carbons (Fsp3) is 0.900. The molecule has 2 rings (SSSR count). The number of amides is 2. The van der Waals surface area contributed by atoms with Crippen LogP contribution in [0, 0.1) is 0 Å². The Labute approximate surface area is 97.7 Å². The second-order valence-electron chi connectivity index (χ2n) is 4.30. The van der Waals surface area contributed by atoms with Crippen molar-refractivity contribution in [3.05, 3.63) is 0 Å². The summed E-state index contributed by atoms with van der Waals surface area (Å²) in [7, 11) is 0. The van der Waals surface area contributed by atoms with Gasteiger partial charge in [0.2, 0.25) is 6.43 Å². The zero-order valence-electron chi connectivity index (χ0n) is 8.92. The van der Waals surface area contributed by atoms with Crippen molar-refractivity contribution in [2.24, 2.45) is 0 Å². The second kappa shape index (κ2) is 5.21. The highest BCUT2D eigenvalue weighted by Gasteiger charge is 2.42. The normalized spacial score (nSPS) is 32.7. The largest absolute Gasteiger partial charge is 0.332 e. The number of carbonyl (C=O) groups is 1. The quantitative estimate of drug-likeness (QED) is 0.578. The lowest BCUT2D eigenvalue weighted by Crippen LogP contribution is -2.36. The molecule has 0 aromatic rings. The predicted molar refractivity (Wildman–Crippen MR) is 60.0 cm³/mol. The molecule has 0 aromatic heterocycles. The molecule has 92 valence electrons. The van der Waals surface area contributed by atoms with Gasteiger partial charge in [-0.2, -0.15) is 11.8 Å². The third kappa shape index (κ3) is 2.78. The van der Waals surface area contributed by atoms with Gasteiger partial charge in [0.15, 0.2) is 0 Å². The lowest BCUT2D eigenvalue weighted by atomic mass is 10.0. The highest BCUT2D eigenvalue weighted by Crippen LogP contribution is 2.33. The summed E-state index contributed by atoms with van der Waals surface area (Å²) in [6, 6.07) is 0.342. The molecule has 0 unspecified atom stereocenters. The number of nitrogens with one attached hydrogen (secondary N) is 2. The Bertz CT molecular complexity index is 265. The Morgan fingerprint density at radius 1 is 1.38 bits per heavy atom. The van der Waals surface area contributed by atoms with Crippen LogP contribution in [0.4, 0.5) is 13.6 Å². The van der Waals surface area contributed by atoms with E-state index in [2.05, 4.69) is 10.6 Å². The minimum absolute atomic E-state index is 0.00388. The lowest BCUT2D eigenvalue weighted by Gasteiger charge is -2.16. The average Bonchev–Trinajstić information content (AvgIpc) is 2.72. The molecule has 0 radical (unpaired) electrons. The van der Waals surface area contributed by atoms with Gasteiger partial charge in [-0.15, -0.1) is 0 Å². The molecule has 2 N–H and O–H groups in total. The number of hydrogen-bond acceptors (Lipinski definition) is 2. The van der Waals surface area contributed by atoms with Crippen LogP contribution in [0.3, 0.4) is 0 Å². The van der Waals surface area contributed by atoms with Crippen molar-refractivity contribution in [2.45, 2.75) is 49.4 Å². The minimum Gasteiger partial charge on any atom is -0.332 e. The molecule has 0 saturated carbocycles. The van der Waals surface area contributed by atoms with Crippen LogP contribution in [0.15, 0.2) is 0 Å². The highest BCUT2D eigenvalue weighted by molar-refractivity contribution is 8.00. The minimum atomic E-state index is -2.18. The second-order valence-corrected chi connectivity index (χ2v) is 5.57. The standard InChI is InChI=1S/C10H16F2N2OS/c11-8(12)4-2-1-3-7-9-6(5-16-7)13-10(15)14-9/h6-9H,1-5H2,(H2,13,14,15)/t6-,7-,9-/m0/s1. The molecule has 3 nitrogen and oxygen atoms in total. The summed E-state index contributed by atoms with van der Waals surface area (Å²) in [6.45, 7) is 0. The number of hydrogen-bond donors (Lipinski definition) is 2. The van der Waals surface area contributed by atoms with Gasteiger partial charge in [-0.1, -0.05) is 6.42 Å². The molecular weight excluding hydrogens is 234 g/mol. The van der Waals surface area contributed by atoms with Crippen LogP contribution in [-0.2, 0) is 0 Å². The molecule has 2 fully saturated rings. The molecular formula is C10H16F2N2OS. The molecule has 0 aliphatic carbocycles. The van der Waals surface area contributed by atoms with Crippen LogP contribution in [0.2, 0.25) is 0 Å². The van der Waals surface area contributed by atoms with Crippen LogP contribution in [0.5, 0.6) is 0 Å². The fourth-order valence-corrected chi connectivity index (χ4v) is 3.83. The van der Waals surface area contributed by atoms with Gasteiger partial charge in [0, 0.05) is 17.4 Å². The van der Waals surface area contributed by atoms with Crippen molar-refractivity contribution in [3.63, 3.8) is 0 Å². The summed E-state index contributed by atoms with van der Waals surface area (Å²) in [6.07, 6.45) is 0.127. The van der Waals surface area contributed by atoms with Gasteiger partial charge >= 0.3 is 6.03 Å². The van der Waals surface area contributed by atoms with Crippen molar-refractivity contribution < 1.29 is 13.6 Å². The maximum Gasteiger partial charge on any atom is 0.315 e. The number of fused-ring (bicyclic) bond motifs is 1. The summed E-state index contributed by atoms with van der Waals surface area (Å²) < 4.78 is 23.9. The maximum absolute atomic E-state index is 11.9. The number of halogens is 2. The van der Waals surface area contributed by atoms with E-state index < -0.39 is 6.43 Å². The first-order valence-electron chi connectivity index (χ1n) is 5.63. The van der Waals surface area contributed by atoms with E-state index in [0.717, 1.165) is 18.6 Å². The van der Waals surface area contributed by atoms with Gasteiger partial charge in [0.05, 0.1) is 12.1 Å². The predicted octanol–water partition coefficient (Wildman–Crippen LogP) is 1.98. The Kier molecular flexibility index (Phi) is 3.89. The van der Waals surface area contributed by atoms with Gasteiger partial charge in [-0.05, 0) is 12.8 Å². The number of rotatable bonds is 5. The van der Waals surface area contributed by atoms with E-state index in [1.807, 2.05) is 11.8 Å². The topological polar surface area (TPSA) is 41.1 Å². The lowest BCUT2D eigenvalue weighted by molar-refractivity contribution is 0.133.